The molecular weight excluding hydrogens is 208 g/mol. The smallest absolute Gasteiger partial charge is 0.321 e. The Hall–Kier alpha value is -2.31. The Kier molecular flexibility index (Phi) is 2.86. The highest BCUT2D eigenvalue weighted by Gasteiger charge is 2.07. The van der Waals surface area contributed by atoms with Gasteiger partial charge in [-0.1, -0.05) is 0 Å². The van der Waals surface area contributed by atoms with Gasteiger partial charge in [-0.25, -0.2) is 9.97 Å². The quantitative estimate of drug-likeness (QED) is 0.791. The number of nitrogens with two attached hydrogens (primary N) is 1. The summed E-state index contributed by atoms with van der Waals surface area (Å²) >= 11 is 0. The first-order valence-electron chi connectivity index (χ1n) is 4.69. The minimum absolute atomic E-state index is 0.109. The van der Waals surface area contributed by atoms with Crippen LogP contribution >= 0.6 is 0 Å². The van der Waals surface area contributed by atoms with Gasteiger partial charge in [0.25, 0.3) is 0 Å². The molecule has 0 saturated carbocycles. The molecule has 0 aliphatic heterocycles. The molecule has 2 rings (SSSR count). The van der Waals surface area contributed by atoms with Crippen molar-refractivity contribution in [1.29, 1.82) is 0 Å². The van der Waals surface area contributed by atoms with Crippen molar-refractivity contribution in [2.24, 2.45) is 0 Å². The van der Waals surface area contributed by atoms with Gasteiger partial charge in [0.15, 0.2) is 5.82 Å². The van der Waals surface area contributed by atoms with Gasteiger partial charge in [-0.15, -0.1) is 0 Å². The molecular formula is C9H10N6O. The molecule has 0 unspecified atom stereocenters. The largest absolute Gasteiger partial charge is 0.464 e. The summed E-state index contributed by atoms with van der Waals surface area (Å²) in [7, 11) is 0. The fraction of sp³-hybridized carbons (Fsp3) is 0.222. The van der Waals surface area contributed by atoms with E-state index in [1.54, 1.807) is 12.4 Å². The maximum absolute atomic E-state index is 5.54. The van der Waals surface area contributed by atoms with Crippen molar-refractivity contribution in [2.45, 2.75) is 6.92 Å². The Bertz CT molecular complexity index is 475. The molecule has 7 heteroatoms. The van der Waals surface area contributed by atoms with Crippen molar-refractivity contribution < 1.29 is 4.74 Å². The number of anilines is 1. The van der Waals surface area contributed by atoms with E-state index in [-0.39, 0.29) is 12.0 Å². The highest BCUT2D eigenvalue weighted by molar-refractivity contribution is 5.53. The Morgan fingerprint density at radius 2 is 1.94 bits per heavy atom. The zero-order valence-corrected chi connectivity index (χ0v) is 8.66. The van der Waals surface area contributed by atoms with E-state index in [1.807, 2.05) is 6.92 Å². The van der Waals surface area contributed by atoms with Crippen LogP contribution in [0.15, 0.2) is 18.7 Å². The second-order valence-corrected chi connectivity index (χ2v) is 2.86. The lowest BCUT2D eigenvalue weighted by Gasteiger charge is -2.03. The second-order valence-electron chi connectivity index (χ2n) is 2.86. The number of nitrogens with zero attached hydrogens (tertiary/aromatic N) is 5. The predicted molar refractivity (Wildman–Crippen MR) is 56.4 cm³/mol. The molecule has 2 N–H and O–H groups in total. The van der Waals surface area contributed by atoms with E-state index in [9.17, 15) is 0 Å². The molecule has 2 aromatic rings. The number of hydrogen-bond donors (Lipinski definition) is 1. The predicted octanol–water partition coefficient (Wildman–Crippen LogP) is 0.309. The summed E-state index contributed by atoms with van der Waals surface area (Å²) in [6, 6.07) is 0.203. The average molecular weight is 218 g/mol. The first-order chi connectivity index (χ1) is 7.79. The molecule has 0 aliphatic rings. The molecule has 0 atom stereocenters. The first kappa shape index (κ1) is 10.2. The van der Waals surface area contributed by atoms with E-state index >= 15 is 0 Å². The van der Waals surface area contributed by atoms with E-state index in [4.69, 9.17) is 10.5 Å². The first-order valence-corrected chi connectivity index (χ1v) is 4.69. The number of ether oxygens (including phenoxy) is 1. The molecule has 2 heterocycles. The highest BCUT2D eigenvalue weighted by atomic mass is 16.5. The van der Waals surface area contributed by atoms with E-state index < -0.39 is 0 Å². The molecule has 2 aromatic heterocycles. The Labute approximate surface area is 91.8 Å². The van der Waals surface area contributed by atoms with Gasteiger partial charge >= 0.3 is 6.01 Å². The molecule has 0 saturated heterocycles. The van der Waals surface area contributed by atoms with Crippen LogP contribution in [0.5, 0.6) is 6.01 Å². The fourth-order valence-electron chi connectivity index (χ4n) is 1.11. The third kappa shape index (κ3) is 2.19. The third-order valence-electron chi connectivity index (χ3n) is 1.72. The van der Waals surface area contributed by atoms with Gasteiger partial charge in [0.05, 0.1) is 12.2 Å². The number of aromatic nitrogens is 5. The molecule has 7 nitrogen and oxygen atoms in total. The number of rotatable bonds is 3. The van der Waals surface area contributed by atoms with Gasteiger partial charge in [-0.2, -0.15) is 15.0 Å². The highest BCUT2D eigenvalue weighted by Crippen LogP contribution is 2.15. The van der Waals surface area contributed by atoms with Crippen LogP contribution in [-0.4, -0.2) is 31.5 Å². The summed E-state index contributed by atoms with van der Waals surface area (Å²) in [6.45, 7) is 2.31. The van der Waals surface area contributed by atoms with Crippen LogP contribution in [0.3, 0.4) is 0 Å². The normalized spacial score (nSPS) is 10.1. The monoisotopic (exact) mass is 218 g/mol. The maximum atomic E-state index is 5.54. The van der Waals surface area contributed by atoms with Crippen molar-refractivity contribution in [1.82, 2.24) is 24.9 Å². The SMILES string of the molecule is CCOc1nc(N)nc(-c2cncnc2)n1. The lowest BCUT2D eigenvalue weighted by molar-refractivity contribution is 0.312. The second kappa shape index (κ2) is 4.47. The Morgan fingerprint density at radius 1 is 1.19 bits per heavy atom. The lowest BCUT2D eigenvalue weighted by atomic mass is 10.3. The molecule has 0 radical (unpaired) electrons. The molecule has 82 valence electrons. The number of nitrogen functional groups attached to an aromatic ring is 1. The minimum Gasteiger partial charge on any atom is -0.464 e. The van der Waals surface area contributed by atoms with Crippen molar-refractivity contribution in [2.75, 3.05) is 12.3 Å². The van der Waals surface area contributed by atoms with Crippen LogP contribution in [0.2, 0.25) is 0 Å². The van der Waals surface area contributed by atoms with Crippen LogP contribution in [0.4, 0.5) is 5.95 Å². The zero-order chi connectivity index (χ0) is 11.4. The Balaban J connectivity index is 2.41. The van der Waals surface area contributed by atoms with Gasteiger partial charge in [0.1, 0.15) is 6.33 Å². The van der Waals surface area contributed by atoms with Crippen molar-refractivity contribution in [3.8, 4) is 17.4 Å². The van der Waals surface area contributed by atoms with Crippen molar-refractivity contribution >= 4 is 5.95 Å². The summed E-state index contributed by atoms with van der Waals surface area (Å²) in [5.74, 6) is 0.508. The van der Waals surface area contributed by atoms with E-state index in [1.165, 1.54) is 6.33 Å². The Morgan fingerprint density at radius 3 is 2.62 bits per heavy atom. The molecule has 0 amide bonds. The van der Waals surface area contributed by atoms with E-state index in [2.05, 4.69) is 24.9 Å². The van der Waals surface area contributed by atoms with Crippen LogP contribution in [0, 0.1) is 0 Å². The maximum Gasteiger partial charge on any atom is 0.321 e. The molecule has 0 bridgehead atoms. The van der Waals surface area contributed by atoms with Crippen molar-refractivity contribution in [3.63, 3.8) is 0 Å². The molecule has 0 spiro atoms. The molecule has 16 heavy (non-hydrogen) atoms. The van der Waals surface area contributed by atoms with Crippen LogP contribution in [0.1, 0.15) is 6.92 Å². The van der Waals surface area contributed by atoms with Gasteiger partial charge in [-0.05, 0) is 6.92 Å². The third-order valence-corrected chi connectivity index (χ3v) is 1.72. The van der Waals surface area contributed by atoms with Crippen LogP contribution in [-0.2, 0) is 0 Å². The summed E-state index contributed by atoms with van der Waals surface area (Å²) < 4.78 is 5.17. The number of hydrogen-bond acceptors (Lipinski definition) is 7. The van der Waals surface area contributed by atoms with E-state index in [0.717, 1.165) is 0 Å². The van der Waals surface area contributed by atoms with Crippen LogP contribution < -0.4 is 10.5 Å². The standard InChI is InChI=1S/C9H10N6O/c1-2-16-9-14-7(13-8(10)15-9)6-3-11-5-12-4-6/h3-5H,2H2,1H3,(H2,10,13,14,15). The summed E-state index contributed by atoms with van der Waals surface area (Å²) in [6.07, 6.45) is 4.62. The fourth-order valence-corrected chi connectivity index (χ4v) is 1.11. The summed E-state index contributed by atoms with van der Waals surface area (Å²) in [4.78, 5) is 19.7. The summed E-state index contributed by atoms with van der Waals surface area (Å²) in [5, 5.41) is 0. The van der Waals surface area contributed by atoms with Gasteiger partial charge in [0, 0.05) is 12.4 Å². The van der Waals surface area contributed by atoms with Gasteiger partial charge in [-0.3, -0.25) is 0 Å². The summed E-state index contributed by atoms with van der Waals surface area (Å²) in [5.41, 5.74) is 6.21. The van der Waals surface area contributed by atoms with E-state index in [0.29, 0.717) is 18.0 Å². The lowest BCUT2D eigenvalue weighted by Crippen LogP contribution is -2.04. The zero-order valence-electron chi connectivity index (χ0n) is 8.66. The topological polar surface area (TPSA) is 99.7 Å². The minimum atomic E-state index is 0.109. The molecule has 0 fully saturated rings. The molecule has 0 aliphatic carbocycles. The molecule has 0 aromatic carbocycles. The average Bonchev–Trinajstić information content (AvgIpc) is 2.30. The van der Waals surface area contributed by atoms with Crippen LogP contribution in [0.25, 0.3) is 11.4 Å². The van der Waals surface area contributed by atoms with Gasteiger partial charge < -0.3 is 10.5 Å². The van der Waals surface area contributed by atoms with Gasteiger partial charge in [0.2, 0.25) is 5.95 Å². The van der Waals surface area contributed by atoms with Crippen molar-refractivity contribution in [3.05, 3.63) is 18.7 Å².